The standard InChI is InChI=1S/C18H15BrN4O3S/c1-25-14-7-10-8-16(17(24)13(10)9-15(14)26-2)27-18-20-21-22-23(18)12-5-3-11(19)4-6-12/h3-7,9,16H,8H2,1-2H3. The fourth-order valence-corrected chi connectivity index (χ4v) is 4.35. The van der Waals surface area contributed by atoms with Gasteiger partial charge in [-0.2, -0.15) is 4.68 Å². The number of thioether (sulfide) groups is 1. The first-order chi connectivity index (χ1) is 13.1. The molecule has 2 aromatic carbocycles. The molecule has 27 heavy (non-hydrogen) atoms. The van der Waals surface area contributed by atoms with Gasteiger partial charge in [-0.3, -0.25) is 4.79 Å². The predicted molar refractivity (Wildman–Crippen MR) is 104 cm³/mol. The van der Waals surface area contributed by atoms with Crippen molar-refractivity contribution in [1.29, 1.82) is 0 Å². The van der Waals surface area contributed by atoms with Gasteiger partial charge in [0.05, 0.1) is 25.2 Å². The fourth-order valence-electron chi connectivity index (χ4n) is 3.00. The molecule has 0 amide bonds. The molecule has 0 bridgehead atoms. The lowest BCUT2D eigenvalue weighted by Crippen LogP contribution is -2.13. The molecule has 1 unspecified atom stereocenters. The van der Waals surface area contributed by atoms with Gasteiger partial charge in [-0.25, -0.2) is 0 Å². The van der Waals surface area contributed by atoms with Gasteiger partial charge in [0.25, 0.3) is 0 Å². The molecular formula is C18H15BrN4O3S. The number of carbonyl (C=O) groups excluding carboxylic acids is 1. The van der Waals surface area contributed by atoms with Crippen molar-refractivity contribution in [2.24, 2.45) is 0 Å². The van der Waals surface area contributed by atoms with Crippen LogP contribution in [0.3, 0.4) is 0 Å². The van der Waals surface area contributed by atoms with Crippen molar-refractivity contribution in [3.05, 3.63) is 52.0 Å². The predicted octanol–water partition coefficient (Wildman–Crippen LogP) is 3.34. The third kappa shape index (κ3) is 3.32. The number of benzene rings is 2. The molecule has 4 rings (SSSR count). The molecule has 1 aliphatic rings. The number of aromatic nitrogens is 4. The molecule has 1 atom stereocenters. The van der Waals surface area contributed by atoms with Gasteiger partial charge in [0.1, 0.15) is 0 Å². The van der Waals surface area contributed by atoms with E-state index in [1.165, 1.54) is 11.8 Å². The Morgan fingerprint density at radius 2 is 1.85 bits per heavy atom. The van der Waals surface area contributed by atoms with Crippen LogP contribution in [0.4, 0.5) is 0 Å². The van der Waals surface area contributed by atoms with Gasteiger partial charge < -0.3 is 9.47 Å². The zero-order valence-electron chi connectivity index (χ0n) is 14.5. The lowest BCUT2D eigenvalue weighted by molar-refractivity contribution is 0.1000. The van der Waals surface area contributed by atoms with E-state index in [1.54, 1.807) is 25.0 Å². The molecule has 1 aromatic heterocycles. The van der Waals surface area contributed by atoms with Gasteiger partial charge >= 0.3 is 0 Å². The number of carbonyl (C=O) groups is 1. The van der Waals surface area contributed by atoms with Crippen molar-refractivity contribution in [3.8, 4) is 17.2 Å². The molecule has 7 nitrogen and oxygen atoms in total. The van der Waals surface area contributed by atoms with Crippen LogP contribution in [0.1, 0.15) is 15.9 Å². The van der Waals surface area contributed by atoms with Crippen molar-refractivity contribution in [2.75, 3.05) is 14.2 Å². The molecule has 1 heterocycles. The Hall–Kier alpha value is -2.39. The molecule has 0 radical (unpaired) electrons. The second-order valence-electron chi connectivity index (χ2n) is 5.89. The van der Waals surface area contributed by atoms with E-state index in [2.05, 4.69) is 31.5 Å². The lowest BCUT2D eigenvalue weighted by Gasteiger charge is -2.09. The van der Waals surface area contributed by atoms with Gasteiger partial charge in [0.2, 0.25) is 5.16 Å². The average Bonchev–Trinajstić information content (AvgIpc) is 3.26. The average molecular weight is 447 g/mol. The summed E-state index contributed by atoms with van der Waals surface area (Å²) in [7, 11) is 3.14. The van der Waals surface area contributed by atoms with Crippen LogP contribution in [-0.2, 0) is 6.42 Å². The molecule has 1 aliphatic carbocycles. The first-order valence-electron chi connectivity index (χ1n) is 8.11. The van der Waals surface area contributed by atoms with Gasteiger partial charge in [-0.1, -0.05) is 27.7 Å². The summed E-state index contributed by atoms with van der Waals surface area (Å²) in [6.07, 6.45) is 0.590. The Kier molecular flexibility index (Phi) is 4.88. The molecule has 9 heteroatoms. The Morgan fingerprint density at radius 1 is 1.15 bits per heavy atom. The number of methoxy groups -OCH3 is 2. The Bertz CT molecular complexity index is 1010. The largest absolute Gasteiger partial charge is 0.493 e. The van der Waals surface area contributed by atoms with Crippen molar-refractivity contribution in [1.82, 2.24) is 20.2 Å². The van der Waals surface area contributed by atoms with Gasteiger partial charge in [-0.05, 0) is 58.8 Å². The number of tetrazole rings is 1. The van der Waals surface area contributed by atoms with Gasteiger partial charge in [-0.15, -0.1) is 5.10 Å². The van der Waals surface area contributed by atoms with Crippen LogP contribution < -0.4 is 9.47 Å². The van der Waals surface area contributed by atoms with E-state index in [-0.39, 0.29) is 11.0 Å². The van der Waals surface area contributed by atoms with Crippen LogP contribution in [0.25, 0.3) is 5.69 Å². The maximum absolute atomic E-state index is 12.9. The van der Waals surface area contributed by atoms with E-state index in [1.807, 2.05) is 30.3 Å². The van der Waals surface area contributed by atoms with E-state index < -0.39 is 0 Å². The summed E-state index contributed by atoms with van der Waals surface area (Å²) < 4.78 is 13.3. The number of Topliss-reactive ketones (excluding diaryl/α,β-unsaturated/α-hetero) is 1. The van der Waals surface area contributed by atoms with E-state index in [0.29, 0.717) is 28.6 Å². The number of hydrogen-bond donors (Lipinski definition) is 0. The van der Waals surface area contributed by atoms with Crippen molar-refractivity contribution in [3.63, 3.8) is 0 Å². The summed E-state index contributed by atoms with van der Waals surface area (Å²) in [6, 6.07) is 11.3. The summed E-state index contributed by atoms with van der Waals surface area (Å²) >= 11 is 4.77. The van der Waals surface area contributed by atoms with Crippen molar-refractivity contribution in [2.45, 2.75) is 16.8 Å². The SMILES string of the molecule is COc1cc2c(cc1OC)C(=O)C(Sc1nnnn1-c1ccc(Br)cc1)C2. The molecule has 0 N–H and O–H groups in total. The van der Waals surface area contributed by atoms with Gasteiger partial charge in [0, 0.05) is 10.0 Å². The number of nitrogens with zero attached hydrogens (tertiary/aromatic N) is 4. The highest BCUT2D eigenvalue weighted by Gasteiger charge is 2.34. The van der Waals surface area contributed by atoms with Crippen LogP contribution in [0.2, 0.25) is 0 Å². The highest BCUT2D eigenvalue weighted by atomic mass is 79.9. The molecule has 0 saturated carbocycles. The van der Waals surface area contributed by atoms with Crippen LogP contribution in [0.15, 0.2) is 46.0 Å². The topological polar surface area (TPSA) is 79.1 Å². The summed E-state index contributed by atoms with van der Waals surface area (Å²) in [4.78, 5) is 12.9. The number of ether oxygens (including phenoxy) is 2. The summed E-state index contributed by atoms with van der Waals surface area (Å²) in [5.74, 6) is 1.21. The highest BCUT2D eigenvalue weighted by molar-refractivity contribution is 9.10. The Morgan fingerprint density at radius 3 is 2.56 bits per heavy atom. The molecule has 3 aromatic rings. The molecular weight excluding hydrogens is 432 g/mol. The fraction of sp³-hybridized carbons (Fsp3) is 0.222. The second kappa shape index (κ2) is 7.32. The molecule has 0 spiro atoms. The quantitative estimate of drug-likeness (QED) is 0.594. The van der Waals surface area contributed by atoms with Crippen molar-refractivity contribution >= 4 is 33.5 Å². The zero-order valence-corrected chi connectivity index (χ0v) is 17.0. The van der Waals surface area contributed by atoms with Crippen LogP contribution in [0.5, 0.6) is 11.5 Å². The maximum atomic E-state index is 12.9. The number of ketones is 1. The normalized spacial score (nSPS) is 15.7. The first kappa shape index (κ1) is 18.0. The van der Waals surface area contributed by atoms with Crippen LogP contribution >= 0.6 is 27.7 Å². The molecule has 0 aliphatic heterocycles. The van der Waals surface area contributed by atoms with E-state index >= 15 is 0 Å². The number of fused-ring (bicyclic) bond motifs is 1. The Balaban J connectivity index is 1.61. The summed E-state index contributed by atoms with van der Waals surface area (Å²) in [5.41, 5.74) is 2.43. The smallest absolute Gasteiger partial charge is 0.214 e. The van der Waals surface area contributed by atoms with Crippen LogP contribution in [0, 0.1) is 0 Å². The van der Waals surface area contributed by atoms with Crippen molar-refractivity contribution < 1.29 is 14.3 Å². The van der Waals surface area contributed by atoms with Crippen LogP contribution in [-0.4, -0.2) is 45.5 Å². The minimum Gasteiger partial charge on any atom is -0.493 e. The molecule has 0 saturated heterocycles. The maximum Gasteiger partial charge on any atom is 0.214 e. The van der Waals surface area contributed by atoms with Gasteiger partial charge in [0.15, 0.2) is 17.3 Å². The van der Waals surface area contributed by atoms with E-state index in [9.17, 15) is 4.79 Å². The third-order valence-electron chi connectivity index (χ3n) is 4.33. The minimum absolute atomic E-state index is 0.0429. The molecule has 138 valence electrons. The first-order valence-corrected chi connectivity index (χ1v) is 9.78. The summed E-state index contributed by atoms with van der Waals surface area (Å²) in [6.45, 7) is 0. The zero-order chi connectivity index (χ0) is 19.0. The lowest BCUT2D eigenvalue weighted by atomic mass is 10.1. The van der Waals surface area contributed by atoms with E-state index in [0.717, 1.165) is 15.7 Å². The Labute approximate surface area is 168 Å². The molecule has 0 fully saturated rings. The third-order valence-corrected chi connectivity index (χ3v) is 5.99. The van der Waals surface area contributed by atoms with E-state index in [4.69, 9.17) is 9.47 Å². The number of hydrogen-bond acceptors (Lipinski definition) is 7. The minimum atomic E-state index is -0.294. The second-order valence-corrected chi connectivity index (χ2v) is 7.97. The number of halogens is 1. The monoisotopic (exact) mass is 446 g/mol. The number of rotatable bonds is 5. The summed E-state index contributed by atoms with van der Waals surface area (Å²) in [5, 5.41) is 12.2. The highest BCUT2D eigenvalue weighted by Crippen LogP contribution is 2.39.